The predicted octanol–water partition coefficient (Wildman–Crippen LogP) is -0.325. The van der Waals surface area contributed by atoms with E-state index in [1.165, 1.54) is 4.80 Å². The van der Waals surface area contributed by atoms with Crippen LogP contribution in [0.1, 0.15) is 11.4 Å². The van der Waals surface area contributed by atoms with Crippen molar-refractivity contribution in [3.05, 3.63) is 41.7 Å². The summed E-state index contributed by atoms with van der Waals surface area (Å²) in [6.07, 6.45) is 0.345. The fourth-order valence-corrected chi connectivity index (χ4v) is 1.93. The van der Waals surface area contributed by atoms with Gasteiger partial charge in [-0.3, -0.25) is 0 Å². The molecule has 0 saturated carbocycles. The minimum atomic E-state index is -0.774. The predicted molar refractivity (Wildman–Crippen MR) is 64.8 cm³/mol. The lowest BCUT2D eigenvalue weighted by Crippen LogP contribution is -2.37. The van der Waals surface area contributed by atoms with Crippen molar-refractivity contribution < 1.29 is 10.2 Å². The molecule has 0 bridgehead atoms. The molecule has 1 heterocycles. The van der Waals surface area contributed by atoms with Gasteiger partial charge in [-0.05, 0) is 10.8 Å². The van der Waals surface area contributed by atoms with Crippen LogP contribution in [0.15, 0.2) is 30.3 Å². The van der Waals surface area contributed by atoms with Crippen molar-refractivity contribution in [1.29, 1.82) is 0 Å². The van der Waals surface area contributed by atoms with Gasteiger partial charge in [-0.1, -0.05) is 30.3 Å². The summed E-state index contributed by atoms with van der Waals surface area (Å²) >= 11 is 0. The fraction of sp³-hybridized carbons (Fsp3) is 0.417. The Morgan fingerprint density at radius 2 is 1.83 bits per heavy atom. The van der Waals surface area contributed by atoms with Crippen molar-refractivity contribution in [2.45, 2.75) is 11.8 Å². The molecule has 18 heavy (non-hydrogen) atoms. The van der Waals surface area contributed by atoms with Gasteiger partial charge in [0.2, 0.25) is 0 Å². The maximum Gasteiger partial charge on any atom is 0.175 e. The maximum absolute atomic E-state index is 9.66. The van der Waals surface area contributed by atoms with E-state index in [2.05, 4.69) is 15.4 Å². The summed E-state index contributed by atoms with van der Waals surface area (Å²) in [6, 6.07) is 9.40. The Labute approximate surface area is 105 Å². The molecule has 0 fully saturated rings. The molecule has 6 nitrogen and oxygen atoms in total. The smallest absolute Gasteiger partial charge is 0.175 e. The Morgan fingerprint density at radius 3 is 2.33 bits per heavy atom. The van der Waals surface area contributed by atoms with Crippen molar-refractivity contribution in [2.24, 2.45) is 7.05 Å². The number of rotatable bonds is 5. The first-order chi connectivity index (χ1) is 8.70. The van der Waals surface area contributed by atoms with Crippen molar-refractivity contribution in [2.75, 3.05) is 13.2 Å². The molecule has 2 N–H and O–H groups in total. The number of aliphatic hydroxyl groups excluding tert-OH is 2. The molecule has 1 aromatic heterocycles. The zero-order chi connectivity index (χ0) is 13.0. The highest BCUT2D eigenvalue weighted by atomic mass is 16.3. The summed E-state index contributed by atoms with van der Waals surface area (Å²) in [5, 5.41) is 31.1. The minimum absolute atomic E-state index is 0.175. The first kappa shape index (κ1) is 12.7. The first-order valence-corrected chi connectivity index (χ1v) is 5.70. The van der Waals surface area contributed by atoms with Gasteiger partial charge in [0.25, 0.3) is 0 Å². The average Bonchev–Trinajstić information content (AvgIpc) is 2.82. The zero-order valence-electron chi connectivity index (χ0n) is 10.2. The van der Waals surface area contributed by atoms with E-state index in [1.54, 1.807) is 7.05 Å². The molecule has 0 unspecified atom stereocenters. The lowest BCUT2D eigenvalue weighted by molar-refractivity contribution is 0.114. The molecule has 0 atom stereocenters. The molecule has 2 aromatic rings. The van der Waals surface area contributed by atoms with Gasteiger partial charge in [0, 0.05) is 11.8 Å². The van der Waals surface area contributed by atoms with E-state index in [0.717, 1.165) is 5.56 Å². The summed E-state index contributed by atoms with van der Waals surface area (Å²) in [7, 11) is 1.68. The van der Waals surface area contributed by atoms with E-state index in [1.807, 2.05) is 30.3 Å². The van der Waals surface area contributed by atoms with Gasteiger partial charge in [-0.15, -0.1) is 10.2 Å². The van der Waals surface area contributed by atoms with E-state index < -0.39 is 5.41 Å². The van der Waals surface area contributed by atoms with Crippen LogP contribution in [0.4, 0.5) is 0 Å². The van der Waals surface area contributed by atoms with E-state index in [9.17, 15) is 10.2 Å². The van der Waals surface area contributed by atoms with Crippen LogP contribution in [0.5, 0.6) is 0 Å². The number of hydrogen-bond donors (Lipinski definition) is 2. The number of aliphatic hydroxyl groups is 2. The van der Waals surface area contributed by atoms with Crippen LogP contribution < -0.4 is 0 Å². The monoisotopic (exact) mass is 248 g/mol. The van der Waals surface area contributed by atoms with Crippen LogP contribution in [0.25, 0.3) is 0 Å². The van der Waals surface area contributed by atoms with Crippen LogP contribution >= 0.6 is 0 Å². The van der Waals surface area contributed by atoms with Gasteiger partial charge in [0.05, 0.1) is 20.3 Å². The van der Waals surface area contributed by atoms with Gasteiger partial charge < -0.3 is 10.2 Å². The average molecular weight is 248 g/mol. The molecule has 2 rings (SSSR count). The van der Waals surface area contributed by atoms with Crippen molar-refractivity contribution in [3.63, 3.8) is 0 Å². The topological polar surface area (TPSA) is 84.1 Å². The van der Waals surface area contributed by atoms with Crippen LogP contribution in [0.3, 0.4) is 0 Å². The fourth-order valence-electron chi connectivity index (χ4n) is 1.93. The van der Waals surface area contributed by atoms with Gasteiger partial charge >= 0.3 is 0 Å². The van der Waals surface area contributed by atoms with Crippen LogP contribution in [-0.4, -0.2) is 43.6 Å². The zero-order valence-corrected chi connectivity index (χ0v) is 10.2. The number of aryl methyl sites for hydroxylation is 1. The second kappa shape index (κ2) is 5.24. The Balaban J connectivity index is 2.32. The summed E-state index contributed by atoms with van der Waals surface area (Å²) in [6.45, 7) is -0.350. The lowest BCUT2D eigenvalue weighted by atomic mass is 9.79. The van der Waals surface area contributed by atoms with Crippen molar-refractivity contribution in [1.82, 2.24) is 20.2 Å². The molecule has 0 aliphatic heterocycles. The summed E-state index contributed by atoms with van der Waals surface area (Å²) in [5.74, 6) is 0.504. The van der Waals surface area contributed by atoms with Crippen molar-refractivity contribution in [3.8, 4) is 0 Å². The highest BCUT2D eigenvalue weighted by Crippen LogP contribution is 2.26. The summed E-state index contributed by atoms with van der Waals surface area (Å²) in [5.41, 5.74) is 0.0899. The highest BCUT2D eigenvalue weighted by Gasteiger charge is 2.33. The Morgan fingerprint density at radius 1 is 1.17 bits per heavy atom. The molecule has 0 aliphatic rings. The van der Waals surface area contributed by atoms with E-state index in [0.29, 0.717) is 12.2 Å². The maximum atomic E-state index is 9.66. The molecule has 6 heteroatoms. The molecule has 0 radical (unpaired) electrons. The largest absolute Gasteiger partial charge is 0.395 e. The highest BCUT2D eigenvalue weighted by molar-refractivity contribution is 5.27. The van der Waals surface area contributed by atoms with Crippen LogP contribution in [0, 0.1) is 0 Å². The third-order valence-corrected chi connectivity index (χ3v) is 3.04. The molecule has 96 valence electrons. The number of aromatic nitrogens is 4. The van der Waals surface area contributed by atoms with Crippen LogP contribution in [0.2, 0.25) is 0 Å². The van der Waals surface area contributed by atoms with E-state index in [-0.39, 0.29) is 13.2 Å². The Kier molecular flexibility index (Phi) is 3.69. The molecule has 0 spiro atoms. The minimum Gasteiger partial charge on any atom is -0.395 e. The number of benzene rings is 1. The lowest BCUT2D eigenvalue weighted by Gasteiger charge is -2.29. The SMILES string of the molecule is Cn1nnc(CC(CO)(CO)c2ccccc2)n1. The number of nitrogens with zero attached hydrogens (tertiary/aromatic N) is 4. The molecular formula is C12H16N4O2. The van der Waals surface area contributed by atoms with Crippen molar-refractivity contribution >= 4 is 0 Å². The first-order valence-electron chi connectivity index (χ1n) is 5.70. The van der Waals surface area contributed by atoms with Gasteiger partial charge in [-0.2, -0.15) is 4.80 Å². The number of hydrogen-bond acceptors (Lipinski definition) is 5. The second-order valence-electron chi connectivity index (χ2n) is 4.33. The van der Waals surface area contributed by atoms with Gasteiger partial charge in [0.1, 0.15) is 0 Å². The standard InChI is InChI=1S/C12H16N4O2/c1-16-14-11(13-15-16)7-12(8-17,9-18)10-5-3-2-4-6-10/h2-6,17-18H,7-9H2,1H3. The quantitative estimate of drug-likeness (QED) is 0.757. The normalized spacial score (nSPS) is 11.7. The van der Waals surface area contributed by atoms with Gasteiger partial charge in [0.15, 0.2) is 5.82 Å². The van der Waals surface area contributed by atoms with Crippen LogP contribution in [-0.2, 0) is 18.9 Å². The molecule has 0 saturated heterocycles. The summed E-state index contributed by atoms with van der Waals surface area (Å²) < 4.78 is 0. The summed E-state index contributed by atoms with van der Waals surface area (Å²) in [4.78, 5) is 1.36. The van der Waals surface area contributed by atoms with E-state index >= 15 is 0 Å². The molecule has 0 aliphatic carbocycles. The third-order valence-electron chi connectivity index (χ3n) is 3.04. The van der Waals surface area contributed by atoms with E-state index in [4.69, 9.17) is 0 Å². The molecule has 1 aromatic carbocycles. The third kappa shape index (κ3) is 2.39. The molecular weight excluding hydrogens is 232 g/mol. The second-order valence-corrected chi connectivity index (χ2v) is 4.33. The number of tetrazole rings is 1. The Hall–Kier alpha value is -1.79. The van der Waals surface area contributed by atoms with Gasteiger partial charge in [-0.25, -0.2) is 0 Å². The molecule has 0 amide bonds. The Bertz CT molecular complexity index is 494.